The maximum Gasteiger partial charge on any atom is 0.206 e. The van der Waals surface area contributed by atoms with Gasteiger partial charge in [-0.3, -0.25) is 0 Å². The molecular weight excluding hydrogens is 592 g/mol. The van der Waals surface area contributed by atoms with E-state index in [4.69, 9.17) is 4.74 Å². The molecule has 0 saturated heterocycles. The Bertz CT molecular complexity index is 1500. The van der Waals surface area contributed by atoms with Crippen molar-refractivity contribution in [2.75, 3.05) is 0 Å². The molecule has 0 bridgehead atoms. The van der Waals surface area contributed by atoms with E-state index in [0.717, 1.165) is 8.95 Å². The van der Waals surface area contributed by atoms with Gasteiger partial charge < -0.3 is 4.74 Å². The smallest absolute Gasteiger partial charge is 0.206 e. The van der Waals surface area contributed by atoms with Crippen LogP contribution in [0.4, 0.5) is 0 Å². The quantitative estimate of drug-likeness (QED) is 0.245. The van der Waals surface area contributed by atoms with Crippen LogP contribution in [0.1, 0.15) is 0 Å². The maximum atomic E-state index is 12.9. The van der Waals surface area contributed by atoms with E-state index in [1.165, 1.54) is 60.7 Å². The predicted octanol–water partition coefficient (Wildman–Crippen LogP) is 6.67. The summed E-state index contributed by atoms with van der Waals surface area (Å²) in [5, 5.41) is 0. The highest BCUT2D eigenvalue weighted by atomic mass is 79.9. The van der Waals surface area contributed by atoms with Crippen LogP contribution in [0, 0.1) is 0 Å². The van der Waals surface area contributed by atoms with E-state index in [1.807, 2.05) is 0 Å². The minimum absolute atomic E-state index is 0.0942. The molecule has 4 aromatic rings. The summed E-state index contributed by atoms with van der Waals surface area (Å²) in [6, 6.07) is 24.9. The first-order valence-electron chi connectivity index (χ1n) is 9.55. The van der Waals surface area contributed by atoms with Crippen LogP contribution >= 0.6 is 31.9 Å². The number of benzene rings is 4. The molecule has 0 aromatic heterocycles. The zero-order valence-corrected chi connectivity index (χ0v) is 21.7. The summed E-state index contributed by atoms with van der Waals surface area (Å²) in [4.78, 5) is 0.580. The van der Waals surface area contributed by atoms with Crippen LogP contribution in [0.2, 0.25) is 0 Å². The molecule has 0 atom stereocenters. The summed E-state index contributed by atoms with van der Waals surface area (Å²) in [6.07, 6.45) is 0. The van der Waals surface area contributed by atoms with E-state index in [9.17, 15) is 16.8 Å². The fraction of sp³-hybridized carbons (Fsp3) is 0. The number of rotatable bonds is 6. The lowest BCUT2D eigenvalue weighted by Gasteiger charge is -2.10. The van der Waals surface area contributed by atoms with Crippen LogP contribution in [0.25, 0.3) is 0 Å². The van der Waals surface area contributed by atoms with Crippen molar-refractivity contribution in [3.63, 3.8) is 0 Å². The van der Waals surface area contributed by atoms with E-state index in [2.05, 4.69) is 31.9 Å². The van der Waals surface area contributed by atoms with Crippen molar-refractivity contribution in [1.82, 2.24) is 0 Å². The average Bonchev–Trinajstić information content (AvgIpc) is 2.80. The molecule has 0 aliphatic heterocycles. The number of hydrogen-bond acceptors (Lipinski definition) is 5. The Hall–Kier alpha value is -2.46. The molecule has 0 N–H and O–H groups in total. The first-order valence-corrected chi connectivity index (χ1v) is 14.1. The third-order valence-corrected chi connectivity index (χ3v) is 9.34. The number of halogens is 2. The van der Waals surface area contributed by atoms with Crippen LogP contribution in [-0.2, 0) is 19.7 Å². The zero-order valence-electron chi connectivity index (χ0n) is 16.9. The Balaban J connectivity index is 1.57. The van der Waals surface area contributed by atoms with Crippen molar-refractivity contribution >= 4 is 51.5 Å². The van der Waals surface area contributed by atoms with Crippen molar-refractivity contribution in [3.8, 4) is 11.5 Å². The topological polar surface area (TPSA) is 77.5 Å². The van der Waals surface area contributed by atoms with Crippen LogP contribution in [0.3, 0.4) is 0 Å². The van der Waals surface area contributed by atoms with Gasteiger partial charge in [-0.1, -0.05) is 37.9 Å². The molecule has 0 spiro atoms. The van der Waals surface area contributed by atoms with Gasteiger partial charge in [0.2, 0.25) is 19.7 Å². The average molecular weight is 608 g/mol. The van der Waals surface area contributed by atoms with Gasteiger partial charge in [0.25, 0.3) is 0 Å². The number of sulfone groups is 2. The predicted molar refractivity (Wildman–Crippen MR) is 132 cm³/mol. The minimum Gasteiger partial charge on any atom is -0.457 e. The molecule has 0 saturated carbocycles. The lowest BCUT2D eigenvalue weighted by Crippen LogP contribution is -2.02. The fourth-order valence-corrected chi connectivity index (χ4v) is 6.11. The summed E-state index contributed by atoms with van der Waals surface area (Å²) in [6.45, 7) is 0. The van der Waals surface area contributed by atoms with Crippen LogP contribution < -0.4 is 4.74 Å². The zero-order chi connectivity index (χ0) is 23.6. The van der Waals surface area contributed by atoms with E-state index >= 15 is 0 Å². The molecule has 0 aliphatic carbocycles. The highest BCUT2D eigenvalue weighted by Crippen LogP contribution is 2.30. The van der Waals surface area contributed by atoms with Crippen LogP contribution in [0.5, 0.6) is 11.5 Å². The maximum absolute atomic E-state index is 12.9. The molecule has 0 unspecified atom stereocenters. The monoisotopic (exact) mass is 606 g/mol. The van der Waals surface area contributed by atoms with Gasteiger partial charge in [-0.05, 0) is 91.0 Å². The third kappa shape index (κ3) is 5.22. The van der Waals surface area contributed by atoms with Gasteiger partial charge in [0, 0.05) is 8.95 Å². The number of ether oxygens (including phenoxy) is 1. The summed E-state index contributed by atoms with van der Waals surface area (Å²) in [5.41, 5.74) is 0. The molecular formula is C24H16Br2O5S2. The molecule has 33 heavy (non-hydrogen) atoms. The molecule has 0 radical (unpaired) electrons. The first kappa shape index (κ1) is 23.7. The van der Waals surface area contributed by atoms with Crippen molar-refractivity contribution in [2.24, 2.45) is 0 Å². The van der Waals surface area contributed by atoms with Gasteiger partial charge in [-0.15, -0.1) is 0 Å². The Morgan fingerprint density at radius 3 is 1.39 bits per heavy atom. The molecule has 4 aromatic carbocycles. The van der Waals surface area contributed by atoms with Crippen molar-refractivity contribution in [2.45, 2.75) is 19.6 Å². The Labute approximate surface area is 209 Å². The summed E-state index contributed by atoms with van der Waals surface area (Å²) in [7, 11) is -7.38. The van der Waals surface area contributed by atoms with Gasteiger partial charge >= 0.3 is 0 Å². The second-order valence-electron chi connectivity index (χ2n) is 6.96. The largest absolute Gasteiger partial charge is 0.457 e. The molecule has 0 heterocycles. The van der Waals surface area contributed by atoms with Crippen molar-refractivity contribution in [3.05, 3.63) is 106 Å². The molecule has 168 valence electrons. The molecule has 0 fully saturated rings. The Kier molecular flexibility index (Phi) is 6.76. The van der Waals surface area contributed by atoms with Crippen molar-refractivity contribution < 1.29 is 21.6 Å². The van der Waals surface area contributed by atoms with E-state index < -0.39 is 19.7 Å². The minimum atomic E-state index is -3.71. The molecule has 0 aliphatic rings. The molecule has 0 amide bonds. The molecule has 9 heteroatoms. The second kappa shape index (κ2) is 9.42. The Morgan fingerprint density at radius 1 is 0.485 bits per heavy atom. The summed E-state index contributed by atoms with van der Waals surface area (Å²) >= 11 is 6.59. The normalized spacial score (nSPS) is 11.8. The third-order valence-electron chi connectivity index (χ3n) is 4.73. The van der Waals surface area contributed by atoms with Gasteiger partial charge in [0.15, 0.2) is 0 Å². The first-order chi connectivity index (χ1) is 15.7. The van der Waals surface area contributed by atoms with Gasteiger partial charge in [-0.2, -0.15) is 0 Å². The van der Waals surface area contributed by atoms with Gasteiger partial charge in [0.05, 0.1) is 19.6 Å². The Morgan fingerprint density at radius 2 is 0.909 bits per heavy atom. The van der Waals surface area contributed by atoms with Gasteiger partial charge in [-0.25, -0.2) is 16.8 Å². The van der Waals surface area contributed by atoms with E-state index in [-0.39, 0.29) is 19.6 Å². The lowest BCUT2D eigenvalue weighted by molar-refractivity contribution is 0.480. The number of hydrogen-bond donors (Lipinski definition) is 0. The van der Waals surface area contributed by atoms with Gasteiger partial charge in [0.1, 0.15) is 11.5 Å². The highest BCUT2D eigenvalue weighted by molar-refractivity contribution is 9.10. The summed E-state index contributed by atoms with van der Waals surface area (Å²) < 4.78 is 58.8. The highest BCUT2D eigenvalue weighted by Gasteiger charge is 2.19. The lowest BCUT2D eigenvalue weighted by atomic mass is 10.3. The van der Waals surface area contributed by atoms with E-state index in [0.29, 0.717) is 11.5 Å². The fourth-order valence-electron chi connectivity index (χ4n) is 3.03. The molecule has 4 rings (SSSR count). The van der Waals surface area contributed by atoms with Crippen molar-refractivity contribution in [1.29, 1.82) is 0 Å². The van der Waals surface area contributed by atoms with Crippen LogP contribution in [0.15, 0.2) is 126 Å². The summed E-state index contributed by atoms with van der Waals surface area (Å²) in [5.74, 6) is 0.694. The standard InChI is InChI=1S/C24H16Br2O5S2/c25-17-4-10-21(11-5-17)32(27,28)23-14-8-19(9-15-23)31-20-2-1-3-24(16-20)33(29,30)22-12-6-18(26)7-13-22/h1-16H. The second-order valence-corrected chi connectivity index (χ2v) is 12.7. The van der Waals surface area contributed by atoms with E-state index in [1.54, 1.807) is 36.4 Å². The molecule has 5 nitrogen and oxygen atoms in total. The van der Waals surface area contributed by atoms with Crippen LogP contribution in [-0.4, -0.2) is 16.8 Å². The SMILES string of the molecule is O=S(=O)(c1ccc(Br)cc1)c1ccc(Oc2cccc(S(=O)(=O)c3ccc(Br)cc3)c2)cc1.